The molecule has 0 radical (unpaired) electrons. The molecule has 0 bridgehead atoms. The Balaban J connectivity index is 0.658. The van der Waals surface area contributed by atoms with Gasteiger partial charge in [0.25, 0.3) is 37.6 Å². The van der Waals surface area contributed by atoms with Crippen molar-refractivity contribution < 1.29 is 68.2 Å². The van der Waals surface area contributed by atoms with Crippen molar-refractivity contribution in [1.29, 1.82) is 0 Å². The summed E-state index contributed by atoms with van der Waals surface area (Å²) in [6.07, 6.45) is 3.58. The van der Waals surface area contributed by atoms with Crippen molar-refractivity contribution in [2.75, 3.05) is 139 Å². The van der Waals surface area contributed by atoms with Crippen LogP contribution >= 0.6 is 23.4 Å². The lowest BCUT2D eigenvalue weighted by Gasteiger charge is -2.39. The molecule has 3 fully saturated rings. The van der Waals surface area contributed by atoms with Crippen molar-refractivity contribution in [3.63, 3.8) is 0 Å². The van der Waals surface area contributed by atoms with Crippen molar-refractivity contribution in [2.45, 2.75) is 84.7 Å². The van der Waals surface area contributed by atoms with E-state index in [1.165, 1.54) is 46.7 Å². The molecule has 2 unspecified atom stereocenters. The molecule has 1 aliphatic carbocycles. The molecule has 4 aliphatic heterocycles. The van der Waals surface area contributed by atoms with E-state index in [0.717, 1.165) is 79.6 Å². The number of thioether (sulfide) groups is 1. The van der Waals surface area contributed by atoms with Gasteiger partial charge in [0.15, 0.2) is 0 Å². The molecule has 5 amide bonds. The van der Waals surface area contributed by atoms with Crippen LogP contribution in [0.3, 0.4) is 0 Å². The molecule has 3 saturated heterocycles. The summed E-state index contributed by atoms with van der Waals surface area (Å²) in [5.74, 6) is -3.04. The molecule has 5 aromatic rings. The predicted octanol–water partition coefficient (Wildman–Crippen LogP) is 8.68. The van der Waals surface area contributed by atoms with E-state index in [-0.39, 0.29) is 41.6 Å². The number of alkyl halides is 3. The van der Waals surface area contributed by atoms with E-state index in [9.17, 15) is 54.0 Å². The zero-order chi connectivity index (χ0) is 68.2. The highest BCUT2D eigenvalue weighted by Crippen LogP contribution is 2.43. The van der Waals surface area contributed by atoms with Gasteiger partial charge in [0.05, 0.1) is 61.4 Å². The number of piperidine rings is 1. The lowest BCUT2D eigenvalue weighted by molar-refractivity contribution is -0.136. The number of amides is 5. The fraction of sp³-hybridized carbons (Fsp3) is 0.456. The summed E-state index contributed by atoms with van der Waals surface area (Å²) >= 11 is 7.65. The number of ether oxygens (including phenoxy) is 3. The largest absolute Gasteiger partial charge is 0.501 e. The summed E-state index contributed by atoms with van der Waals surface area (Å²) in [6.45, 7) is 14.9. The number of nitrogens with zero attached hydrogens (tertiary/aromatic N) is 5. The van der Waals surface area contributed by atoms with Crippen molar-refractivity contribution in [1.82, 2.24) is 29.6 Å². The number of sulfone groups is 1. The van der Waals surface area contributed by atoms with Crippen molar-refractivity contribution in [3.8, 4) is 0 Å². The Labute approximate surface area is 567 Å². The van der Waals surface area contributed by atoms with Crippen LogP contribution in [0.1, 0.15) is 89.0 Å². The molecule has 4 N–H and O–H groups in total. The van der Waals surface area contributed by atoms with Crippen molar-refractivity contribution in [2.24, 2.45) is 5.41 Å². The number of hydrogen-bond donors (Lipinski definition) is 4. The van der Waals surface area contributed by atoms with Crippen molar-refractivity contribution >= 4 is 95.4 Å². The lowest BCUT2D eigenvalue weighted by atomic mass is 9.73. The zero-order valence-corrected chi connectivity index (χ0v) is 56.9. The summed E-state index contributed by atoms with van der Waals surface area (Å²) in [4.78, 5) is 72.9. The first-order valence-electron chi connectivity index (χ1n) is 32.2. The van der Waals surface area contributed by atoms with Crippen LogP contribution in [0.2, 0.25) is 5.02 Å². The number of rotatable bonds is 30. The summed E-state index contributed by atoms with van der Waals surface area (Å²) in [5.41, 5.74) is -0.434. The fourth-order valence-electron chi connectivity index (χ4n) is 12.6. The Morgan fingerprint density at radius 2 is 1.39 bits per heavy atom. The number of nitrogens with one attached hydrogen (secondary N) is 4. The normalized spacial score (nSPS) is 18.8. The van der Waals surface area contributed by atoms with E-state index in [4.69, 9.17) is 25.8 Å². The molecule has 2 atom stereocenters. The van der Waals surface area contributed by atoms with Gasteiger partial charge >= 0.3 is 5.51 Å². The Kier molecular flexibility index (Phi) is 24.1. The van der Waals surface area contributed by atoms with Crippen LogP contribution in [-0.2, 0) is 43.7 Å². The molecule has 5 aliphatic rings. The maximum atomic E-state index is 14.5. The lowest BCUT2D eigenvalue weighted by Crippen LogP contribution is -2.54. The molecule has 0 saturated carbocycles. The average Bonchev–Trinajstić information content (AvgIpc) is 1.64. The van der Waals surface area contributed by atoms with Crippen LogP contribution in [0.5, 0.6) is 0 Å². The van der Waals surface area contributed by atoms with E-state index in [0.29, 0.717) is 108 Å². The SMILES string of the molecule is CC1(C)CCC(c2ccc(Cl)cc2)=C(CN2CCN(c3ccc(C(=O)NS(=O)(=O)c4ccc(NC(CCN5CCN(CCOCCOCCOCCNc6cccc7c6C(=O)N(C6CCC(=O)NC6=O)C7=O)CC5)CSc5ccccc5)c(S(=O)(=O)C(F)(F)F)c4)cc3)CC2)C1. The third kappa shape index (κ3) is 18.4. The number of carbonyl (C=O) groups excluding carboxylic acids is 5. The van der Waals surface area contributed by atoms with Gasteiger partial charge in [0.2, 0.25) is 11.8 Å². The Morgan fingerprint density at radius 3 is 2.06 bits per heavy atom. The van der Waals surface area contributed by atoms with Crippen LogP contribution in [0.15, 0.2) is 136 Å². The van der Waals surface area contributed by atoms with Crippen LogP contribution in [0, 0.1) is 5.41 Å². The second-order valence-corrected chi connectivity index (χ2v) is 30.3. The molecule has 96 heavy (non-hydrogen) atoms. The molecule has 0 aromatic heterocycles. The number of halogens is 4. The summed E-state index contributed by atoms with van der Waals surface area (Å²) < 4.78 is 117. The number of carbonyl (C=O) groups is 5. The number of fused-ring (bicyclic) bond motifs is 1. The van der Waals surface area contributed by atoms with Crippen molar-refractivity contribution in [3.05, 3.63) is 148 Å². The van der Waals surface area contributed by atoms with Gasteiger partial charge in [-0.2, -0.15) is 13.2 Å². The van der Waals surface area contributed by atoms with Crippen LogP contribution in [-0.4, -0.2) is 207 Å². The first-order valence-corrected chi connectivity index (χ1v) is 36.5. The number of sulfonamides is 1. The van der Waals surface area contributed by atoms with Gasteiger partial charge < -0.3 is 34.6 Å². The van der Waals surface area contributed by atoms with E-state index in [1.807, 2.05) is 47.2 Å². The highest BCUT2D eigenvalue weighted by molar-refractivity contribution is 7.99. The standard InChI is InChI=1S/C68H81ClF3N9O12S3/c1-67(2)25-23-55(47-11-15-50(69)16-12-47)49(44-67)45-79-32-34-80(35-33-79)52-17-13-48(14-18-52)63(83)76-96(89,90)54-19-20-57(60(43-54)95(87,88)68(70,71)72)74-51(46-94-53-7-4-3-5-8-53)24-27-77-28-30-78(31-29-77)36-38-92-40-42-93-41-39-91-37-26-73-58-10-6-9-56-62(58)66(86)81(65(56)85)59-21-22-61(82)75-64(59)84/h3-20,43,51,59,73-74H,21-42,44-46H2,1-2H3,(H,76,83)(H,75,82,84). The van der Waals surface area contributed by atoms with Gasteiger partial charge in [-0.25, -0.2) is 21.6 Å². The molecular weight excluding hydrogens is 1320 g/mol. The van der Waals surface area contributed by atoms with Gasteiger partial charge in [-0.05, 0) is 128 Å². The van der Waals surface area contributed by atoms with Crippen LogP contribution < -0.4 is 25.6 Å². The number of benzene rings is 5. The van der Waals surface area contributed by atoms with Crippen LogP contribution in [0.4, 0.5) is 30.2 Å². The molecular formula is C68H81ClF3N9O12S3. The average molecular weight is 1410 g/mol. The smallest absolute Gasteiger partial charge is 0.382 e. The summed E-state index contributed by atoms with van der Waals surface area (Å²) in [6, 6.07) is 29.4. The van der Waals surface area contributed by atoms with Gasteiger partial charge in [0.1, 0.15) is 10.9 Å². The third-order valence-corrected chi connectivity index (χ3v) is 22.1. The maximum Gasteiger partial charge on any atom is 0.501 e. The van der Waals surface area contributed by atoms with E-state index in [1.54, 1.807) is 24.3 Å². The summed E-state index contributed by atoms with van der Waals surface area (Å²) in [5, 5.41) is 9.07. The molecule has 21 nitrogen and oxygen atoms in total. The number of hydrogen-bond acceptors (Lipinski definition) is 19. The quantitative estimate of drug-likeness (QED) is 0.0191. The van der Waals surface area contributed by atoms with Gasteiger partial charge in [-0.3, -0.25) is 44.0 Å². The number of piperazine rings is 2. The van der Waals surface area contributed by atoms with E-state index in [2.05, 4.69) is 61.5 Å². The zero-order valence-electron chi connectivity index (χ0n) is 53.7. The Hall–Kier alpha value is -6.92. The maximum absolute atomic E-state index is 14.5. The van der Waals surface area contributed by atoms with E-state index >= 15 is 0 Å². The molecule has 0 spiro atoms. The van der Waals surface area contributed by atoms with Gasteiger partial charge in [-0.15, -0.1) is 11.8 Å². The first kappa shape index (κ1) is 71.8. The molecule has 28 heteroatoms. The molecule has 516 valence electrons. The topological polar surface area (TPSA) is 246 Å². The fourth-order valence-corrected chi connectivity index (χ4v) is 15.7. The van der Waals surface area contributed by atoms with Gasteiger partial charge in [-0.1, -0.05) is 67.4 Å². The minimum absolute atomic E-state index is 0.0257. The van der Waals surface area contributed by atoms with Gasteiger partial charge in [0, 0.05) is 124 Å². The van der Waals surface area contributed by atoms with E-state index < -0.39 is 82.5 Å². The number of allylic oxidation sites excluding steroid dienone is 1. The minimum Gasteiger partial charge on any atom is -0.382 e. The number of anilines is 3. The van der Waals surface area contributed by atoms with Crippen LogP contribution in [0.25, 0.3) is 5.57 Å². The highest BCUT2D eigenvalue weighted by Gasteiger charge is 2.49. The Morgan fingerprint density at radius 1 is 0.729 bits per heavy atom. The second kappa shape index (κ2) is 32.2. The Bertz CT molecular complexity index is 3860. The minimum atomic E-state index is -6.14. The molecule has 10 rings (SSSR count). The third-order valence-electron chi connectivity index (χ3n) is 17.9. The predicted molar refractivity (Wildman–Crippen MR) is 362 cm³/mol. The molecule has 5 aromatic carbocycles. The monoisotopic (exact) mass is 1400 g/mol. The molecule has 4 heterocycles. The first-order chi connectivity index (χ1) is 45.9. The second-order valence-electron chi connectivity index (χ2n) is 25.2. The summed E-state index contributed by atoms with van der Waals surface area (Å²) in [7, 11) is -11.0. The number of imide groups is 2. The highest BCUT2D eigenvalue weighted by atomic mass is 35.5.